The number of alkyl halides is 1. The molecule has 1 nitrogen and oxygen atoms in total. The molecule has 0 aromatic rings. The third-order valence-corrected chi connectivity index (χ3v) is 3.89. The fourth-order valence-electron chi connectivity index (χ4n) is 0.946. The summed E-state index contributed by atoms with van der Waals surface area (Å²) >= 11 is 3.56. The smallest absolute Gasteiger partial charge is 0.0467 e. The van der Waals surface area contributed by atoms with E-state index < -0.39 is 0 Å². The van der Waals surface area contributed by atoms with Crippen LogP contribution in [0.1, 0.15) is 27.7 Å². The van der Waals surface area contributed by atoms with Gasteiger partial charge in [-0.15, -0.1) is 0 Å². The molecule has 0 bridgehead atoms. The largest absolute Gasteiger partial charge is 0.396 e. The van der Waals surface area contributed by atoms with Gasteiger partial charge in [0.05, 0.1) is 0 Å². The zero-order valence-corrected chi connectivity index (χ0v) is 8.77. The third kappa shape index (κ3) is 3.02. The van der Waals surface area contributed by atoms with Crippen LogP contribution in [0.15, 0.2) is 0 Å². The van der Waals surface area contributed by atoms with Gasteiger partial charge in [-0.05, 0) is 11.3 Å². The van der Waals surface area contributed by atoms with Gasteiger partial charge in [0.2, 0.25) is 0 Å². The Morgan fingerprint density at radius 3 is 1.90 bits per heavy atom. The van der Waals surface area contributed by atoms with Crippen LogP contribution in [0.2, 0.25) is 0 Å². The highest BCUT2D eigenvalue weighted by molar-refractivity contribution is 9.09. The minimum Gasteiger partial charge on any atom is -0.396 e. The van der Waals surface area contributed by atoms with E-state index in [1.807, 2.05) is 6.92 Å². The van der Waals surface area contributed by atoms with Crippen LogP contribution < -0.4 is 0 Å². The van der Waals surface area contributed by atoms with Crippen LogP contribution in [0, 0.1) is 11.3 Å². The van der Waals surface area contributed by atoms with Crippen molar-refractivity contribution in [2.75, 3.05) is 6.61 Å². The molecule has 2 heteroatoms. The minimum absolute atomic E-state index is 0.238. The molecule has 1 N–H and O–H groups in total. The molecule has 62 valence electrons. The summed E-state index contributed by atoms with van der Waals surface area (Å²) in [6.07, 6.45) is 0. The Balaban J connectivity index is 3.94. The lowest BCUT2D eigenvalue weighted by Crippen LogP contribution is -2.28. The average Bonchev–Trinajstić information content (AvgIpc) is 1.83. The molecular weight excluding hydrogens is 192 g/mol. The van der Waals surface area contributed by atoms with Crippen LogP contribution in [0.3, 0.4) is 0 Å². The summed E-state index contributed by atoms with van der Waals surface area (Å²) in [6, 6.07) is 0. The molecule has 0 fully saturated rings. The van der Waals surface area contributed by atoms with E-state index in [0.29, 0.717) is 10.7 Å². The fourth-order valence-corrected chi connectivity index (χ4v) is 1.11. The molecule has 2 unspecified atom stereocenters. The van der Waals surface area contributed by atoms with Gasteiger partial charge >= 0.3 is 0 Å². The van der Waals surface area contributed by atoms with E-state index >= 15 is 0 Å². The molecule has 0 spiro atoms. The molecular formula is C8H17BrO. The lowest BCUT2D eigenvalue weighted by atomic mass is 9.86. The van der Waals surface area contributed by atoms with Crippen molar-refractivity contribution in [1.29, 1.82) is 0 Å². The van der Waals surface area contributed by atoms with Gasteiger partial charge < -0.3 is 5.11 Å². The molecule has 0 saturated carbocycles. The number of hydrogen-bond donors (Lipinski definition) is 1. The Kier molecular flexibility index (Phi) is 3.89. The Morgan fingerprint density at radius 2 is 1.80 bits per heavy atom. The van der Waals surface area contributed by atoms with E-state index in [2.05, 4.69) is 36.7 Å². The SMILES string of the molecule is CC(CO)C(Br)C(C)(C)C. The van der Waals surface area contributed by atoms with E-state index in [1.54, 1.807) is 0 Å². The number of aliphatic hydroxyl groups is 1. The quantitative estimate of drug-likeness (QED) is 0.692. The lowest BCUT2D eigenvalue weighted by Gasteiger charge is -2.29. The number of halogens is 1. The molecule has 2 atom stereocenters. The molecule has 0 rings (SSSR count). The van der Waals surface area contributed by atoms with Crippen molar-refractivity contribution in [2.45, 2.75) is 32.5 Å². The second-order valence-corrected chi connectivity index (χ2v) is 4.91. The Hall–Kier alpha value is 0.440. The predicted molar refractivity (Wildman–Crippen MR) is 48.4 cm³/mol. The second kappa shape index (κ2) is 3.72. The van der Waals surface area contributed by atoms with Crippen molar-refractivity contribution in [1.82, 2.24) is 0 Å². The van der Waals surface area contributed by atoms with Gasteiger partial charge in [-0.25, -0.2) is 0 Å². The van der Waals surface area contributed by atoms with Gasteiger partial charge in [0.15, 0.2) is 0 Å². The minimum atomic E-state index is 0.238. The van der Waals surface area contributed by atoms with Crippen molar-refractivity contribution >= 4 is 15.9 Å². The molecule has 0 aliphatic carbocycles. The predicted octanol–water partition coefficient (Wildman–Crippen LogP) is 2.42. The number of aliphatic hydroxyl groups excluding tert-OH is 1. The van der Waals surface area contributed by atoms with Crippen LogP contribution in [0.25, 0.3) is 0 Å². The van der Waals surface area contributed by atoms with Gasteiger partial charge in [-0.3, -0.25) is 0 Å². The maximum atomic E-state index is 8.84. The van der Waals surface area contributed by atoms with Crippen LogP contribution in [0.5, 0.6) is 0 Å². The van der Waals surface area contributed by atoms with Gasteiger partial charge in [0, 0.05) is 11.4 Å². The maximum absolute atomic E-state index is 8.84. The summed E-state index contributed by atoms with van der Waals surface area (Å²) in [5, 5.41) is 8.84. The zero-order valence-electron chi connectivity index (χ0n) is 7.19. The highest BCUT2D eigenvalue weighted by atomic mass is 79.9. The van der Waals surface area contributed by atoms with Crippen LogP contribution in [-0.4, -0.2) is 16.5 Å². The standard InChI is InChI=1S/C8H17BrO/c1-6(5-10)7(9)8(2,3)4/h6-7,10H,5H2,1-4H3. The van der Waals surface area contributed by atoms with E-state index in [9.17, 15) is 0 Å². The van der Waals surface area contributed by atoms with Gasteiger partial charge in [0.1, 0.15) is 0 Å². The van der Waals surface area contributed by atoms with Gasteiger partial charge in [0.25, 0.3) is 0 Å². The van der Waals surface area contributed by atoms with Crippen molar-refractivity contribution in [3.05, 3.63) is 0 Å². The molecule has 0 saturated heterocycles. The first-order chi connectivity index (χ1) is 4.39. The Morgan fingerprint density at radius 1 is 1.40 bits per heavy atom. The number of rotatable bonds is 2. The summed E-state index contributed by atoms with van der Waals surface area (Å²) in [6.45, 7) is 8.80. The molecule has 0 aromatic carbocycles. The first-order valence-electron chi connectivity index (χ1n) is 3.64. The first kappa shape index (κ1) is 10.4. The summed E-state index contributed by atoms with van der Waals surface area (Å²) < 4.78 is 0. The summed E-state index contributed by atoms with van der Waals surface area (Å²) in [7, 11) is 0. The summed E-state index contributed by atoms with van der Waals surface area (Å²) in [5.41, 5.74) is 0.238. The van der Waals surface area contributed by atoms with Gasteiger partial charge in [-0.1, -0.05) is 43.6 Å². The Bertz CT molecular complexity index is 95.9. The third-order valence-electron chi connectivity index (χ3n) is 1.61. The lowest BCUT2D eigenvalue weighted by molar-refractivity contribution is 0.201. The van der Waals surface area contributed by atoms with Crippen LogP contribution >= 0.6 is 15.9 Å². The van der Waals surface area contributed by atoms with E-state index in [-0.39, 0.29) is 12.0 Å². The molecule has 0 aliphatic heterocycles. The highest BCUT2D eigenvalue weighted by Crippen LogP contribution is 2.31. The average molecular weight is 209 g/mol. The highest BCUT2D eigenvalue weighted by Gasteiger charge is 2.26. The normalized spacial score (nSPS) is 18.6. The molecule has 0 aromatic heterocycles. The van der Waals surface area contributed by atoms with Crippen LogP contribution in [0.4, 0.5) is 0 Å². The first-order valence-corrected chi connectivity index (χ1v) is 4.56. The Labute approximate surface area is 72.0 Å². The monoisotopic (exact) mass is 208 g/mol. The van der Waals surface area contributed by atoms with Crippen molar-refractivity contribution in [3.8, 4) is 0 Å². The van der Waals surface area contributed by atoms with Crippen molar-refractivity contribution < 1.29 is 5.11 Å². The topological polar surface area (TPSA) is 20.2 Å². The van der Waals surface area contributed by atoms with E-state index in [4.69, 9.17) is 5.11 Å². The van der Waals surface area contributed by atoms with Crippen molar-refractivity contribution in [3.63, 3.8) is 0 Å². The number of hydrogen-bond acceptors (Lipinski definition) is 1. The van der Waals surface area contributed by atoms with E-state index in [0.717, 1.165) is 0 Å². The molecule has 10 heavy (non-hydrogen) atoms. The summed E-state index contributed by atoms with van der Waals surface area (Å²) in [5.74, 6) is 0.333. The molecule has 0 aliphatic rings. The van der Waals surface area contributed by atoms with Crippen LogP contribution in [-0.2, 0) is 0 Å². The van der Waals surface area contributed by atoms with Crippen molar-refractivity contribution in [2.24, 2.45) is 11.3 Å². The molecule has 0 heterocycles. The van der Waals surface area contributed by atoms with E-state index in [1.165, 1.54) is 0 Å². The van der Waals surface area contributed by atoms with Gasteiger partial charge in [-0.2, -0.15) is 0 Å². The summed E-state index contributed by atoms with van der Waals surface area (Å²) in [4.78, 5) is 0.394. The zero-order chi connectivity index (χ0) is 8.36. The second-order valence-electron chi connectivity index (χ2n) is 3.93. The molecule has 0 radical (unpaired) electrons. The fraction of sp³-hybridized carbons (Fsp3) is 1.00. The molecule has 0 amide bonds. The maximum Gasteiger partial charge on any atom is 0.0467 e.